The van der Waals surface area contributed by atoms with Crippen LogP contribution in [0.1, 0.15) is 18.1 Å². The number of carbonyl (C=O) groups excluding carboxylic acids is 3. The van der Waals surface area contributed by atoms with E-state index in [0.717, 1.165) is 11.1 Å². The molecule has 0 spiro atoms. The van der Waals surface area contributed by atoms with Crippen LogP contribution in [0.5, 0.6) is 0 Å². The minimum absolute atomic E-state index is 0.174. The van der Waals surface area contributed by atoms with Gasteiger partial charge in [-0.3, -0.25) is 9.59 Å². The van der Waals surface area contributed by atoms with Gasteiger partial charge in [0.15, 0.2) is 6.61 Å². The standard InChI is InChI=1S/C20H20N2O4/c1-14-3-5-16(6-4-14)7-12-20(25)26-13-19(24)22-18-10-8-17(9-11-18)21-15(2)23/h3-12H,13H2,1-2H3,(H,21,23)(H,22,24)/b12-7+. The third-order valence-electron chi connectivity index (χ3n) is 3.32. The Bertz CT molecular complexity index is 809. The summed E-state index contributed by atoms with van der Waals surface area (Å²) in [5.74, 6) is -1.22. The number of hydrogen-bond acceptors (Lipinski definition) is 4. The average Bonchev–Trinajstić information content (AvgIpc) is 2.61. The van der Waals surface area contributed by atoms with E-state index in [0.29, 0.717) is 11.4 Å². The number of esters is 1. The lowest BCUT2D eigenvalue weighted by atomic mass is 10.1. The summed E-state index contributed by atoms with van der Waals surface area (Å²) in [7, 11) is 0. The van der Waals surface area contributed by atoms with Crippen LogP contribution >= 0.6 is 0 Å². The fraction of sp³-hybridized carbons (Fsp3) is 0.150. The normalized spacial score (nSPS) is 10.4. The zero-order valence-corrected chi connectivity index (χ0v) is 14.6. The fourth-order valence-electron chi connectivity index (χ4n) is 2.06. The van der Waals surface area contributed by atoms with Crippen LogP contribution in [-0.4, -0.2) is 24.4 Å². The molecule has 2 rings (SSSR count). The number of carbonyl (C=O) groups is 3. The minimum Gasteiger partial charge on any atom is -0.452 e. The first-order valence-electron chi connectivity index (χ1n) is 8.01. The molecule has 6 heteroatoms. The molecule has 0 radical (unpaired) electrons. The molecule has 0 aliphatic rings. The fourth-order valence-corrected chi connectivity index (χ4v) is 2.06. The van der Waals surface area contributed by atoms with Gasteiger partial charge < -0.3 is 15.4 Å². The highest BCUT2D eigenvalue weighted by Crippen LogP contribution is 2.13. The Balaban J connectivity index is 1.78. The zero-order valence-electron chi connectivity index (χ0n) is 14.6. The van der Waals surface area contributed by atoms with Gasteiger partial charge in [0.2, 0.25) is 5.91 Å². The molecule has 0 bridgehead atoms. The molecule has 0 atom stereocenters. The number of ether oxygens (including phenoxy) is 1. The largest absolute Gasteiger partial charge is 0.452 e. The van der Waals surface area contributed by atoms with Crippen molar-refractivity contribution in [1.29, 1.82) is 0 Å². The highest BCUT2D eigenvalue weighted by Gasteiger charge is 2.06. The maximum absolute atomic E-state index is 11.8. The summed E-state index contributed by atoms with van der Waals surface area (Å²) in [6.45, 7) is 3.01. The van der Waals surface area contributed by atoms with Crippen LogP contribution in [-0.2, 0) is 19.1 Å². The van der Waals surface area contributed by atoms with E-state index in [1.807, 2.05) is 31.2 Å². The Morgan fingerprint density at radius 3 is 2.08 bits per heavy atom. The van der Waals surface area contributed by atoms with Crippen LogP contribution in [0.4, 0.5) is 11.4 Å². The molecule has 2 N–H and O–H groups in total. The molecule has 0 aromatic heterocycles. The molecule has 26 heavy (non-hydrogen) atoms. The summed E-state index contributed by atoms with van der Waals surface area (Å²) < 4.78 is 4.90. The molecule has 0 aliphatic carbocycles. The summed E-state index contributed by atoms with van der Waals surface area (Å²) in [6.07, 6.45) is 2.90. The number of amides is 2. The Hall–Kier alpha value is -3.41. The van der Waals surface area contributed by atoms with Crippen LogP contribution in [0.3, 0.4) is 0 Å². The average molecular weight is 352 g/mol. The van der Waals surface area contributed by atoms with Crippen molar-refractivity contribution in [3.8, 4) is 0 Å². The van der Waals surface area contributed by atoms with Crippen molar-refractivity contribution in [3.63, 3.8) is 0 Å². The SMILES string of the molecule is CC(=O)Nc1ccc(NC(=O)COC(=O)/C=C/c2ccc(C)cc2)cc1. The maximum Gasteiger partial charge on any atom is 0.331 e. The lowest BCUT2D eigenvalue weighted by molar-refractivity contribution is -0.142. The van der Waals surface area contributed by atoms with E-state index in [9.17, 15) is 14.4 Å². The number of nitrogens with one attached hydrogen (secondary N) is 2. The molecule has 0 saturated carbocycles. The van der Waals surface area contributed by atoms with Gasteiger partial charge in [0.05, 0.1) is 0 Å². The van der Waals surface area contributed by atoms with E-state index >= 15 is 0 Å². The lowest BCUT2D eigenvalue weighted by Gasteiger charge is -2.07. The van der Waals surface area contributed by atoms with Gasteiger partial charge in [-0.2, -0.15) is 0 Å². The predicted octanol–water partition coefficient (Wildman–Crippen LogP) is 3.15. The summed E-state index contributed by atoms with van der Waals surface area (Å²) in [5.41, 5.74) is 3.17. The van der Waals surface area contributed by atoms with Gasteiger partial charge in [-0.15, -0.1) is 0 Å². The zero-order chi connectivity index (χ0) is 18.9. The molecule has 2 aromatic carbocycles. The van der Waals surface area contributed by atoms with Crippen LogP contribution in [0.2, 0.25) is 0 Å². The number of hydrogen-bond donors (Lipinski definition) is 2. The molecular weight excluding hydrogens is 332 g/mol. The molecule has 0 heterocycles. The van der Waals surface area contributed by atoms with Crippen molar-refractivity contribution in [2.45, 2.75) is 13.8 Å². The number of aryl methyl sites for hydroxylation is 1. The van der Waals surface area contributed by atoms with Crippen molar-refractivity contribution in [2.75, 3.05) is 17.2 Å². The van der Waals surface area contributed by atoms with Gasteiger partial charge in [0.25, 0.3) is 5.91 Å². The van der Waals surface area contributed by atoms with Crippen molar-refractivity contribution in [1.82, 2.24) is 0 Å². The highest BCUT2D eigenvalue weighted by atomic mass is 16.5. The van der Waals surface area contributed by atoms with Gasteiger partial charge in [-0.1, -0.05) is 29.8 Å². The molecule has 0 aliphatic heterocycles. The number of rotatable bonds is 6. The first kappa shape index (κ1) is 18.9. The molecular formula is C20H20N2O4. The third-order valence-corrected chi connectivity index (χ3v) is 3.32. The molecule has 0 fully saturated rings. The van der Waals surface area contributed by atoms with Crippen LogP contribution in [0, 0.1) is 6.92 Å². The van der Waals surface area contributed by atoms with Crippen LogP contribution in [0.25, 0.3) is 6.08 Å². The van der Waals surface area contributed by atoms with Crippen molar-refractivity contribution in [2.24, 2.45) is 0 Å². The molecule has 6 nitrogen and oxygen atoms in total. The Labute approximate surface area is 151 Å². The Morgan fingerprint density at radius 1 is 0.923 bits per heavy atom. The van der Waals surface area contributed by atoms with E-state index in [4.69, 9.17) is 4.74 Å². The maximum atomic E-state index is 11.8. The van der Waals surface area contributed by atoms with Crippen molar-refractivity contribution < 1.29 is 19.1 Å². The monoisotopic (exact) mass is 352 g/mol. The molecule has 0 saturated heterocycles. The summed E-state index contributed by atoms with van der Waals surface area (Å²) in [4.78, 5) is 34.4. The first-order valence-corrected chi connectivity index (χ1v) is 8.01. The Kier molecular flexibility index (Phi) is 6.68. The van der Waals surface area contributed by atoms with Crippen LogP contribution < -0.4 is 10.6 Å². The van der Waals surface area contributed by atoms with Gasteiger partial charge in [-0.25, -0.2) is 4.79 Å². The first-order chi connectivity index (χ1) is 12.4. The summed E-state index contributed by atoms with van der Waals surface area (Å²) in [6, 6.07) is 14.3. The third kappa shape index (κ3) is 6.60. The van der Waals surface area contributed by atoms with E-state index in [1.54, 1.807) is 30.3 Å². The second-order valence-corrected chi connectivity index (χ2v) is 5.66. The van der Waals surface area contributed by atoms with Crippen molar-refractivity contribution >= 4 is 35.2 Å². The van der Waals surface area contributed by atoms with Gasteiger partial charge in [0.1, 0.15) is 0 Å². The topological polar surface area (TPSA) is 84.5 Å². The summed E-state index contributed by atoms with van der Waals surface area (Å²) in [5, 5.41) is 5.23. The Morgan fingerprint density at radius 2 is 1.50 bits per heavy atom. The van der Waals surface area contributed by atoms with Crippen LogP contribution in [0.15, 0.2) is 54.6 Å². The second kappa shape index (κ2) is 9.17. The number of anilines is 2. The van der Waals surface area contributed by atoms with Gasteiger partial charge in [0, 0.05) is 24.4 Å². The summed E-state index contributed by atoms with van der Waals surface area (Å²) >= 11 is 0. The smallest absolute Gasteiger partial charge is 0.331 e. The van der Waals surface area contributed by atoms with Gasteiger partial charge >= 0.3 is 5.97 Å². The van der Waals surface area contributed by atoms with E-state index in [1.165, 1.54) is 13.0 Å². The second-order valence-electron chi connectivity index (χ2n) is 5.66. The van der Waals surface area contributed by atoms with E-state index < -0.39 is 11.9 Å². The lowest BCUT2D eigenvalue weighted by Crippen LogP contribution is -2.20. The quantitative estimate of drug-likeness (QED) is 0.618. The minimum atomic E-state index is -0.596. The highest BCUT2D eigenvalue weighted by molar-refractivity contribution is 5.95. The molecule has 2 amide bonds. The van der Waals surface area contributed by atoms with Crippen molar-refractivity contribution in [3.05, 3.63) is 65.7 Å². The molecule has 2 aromatic rings. The predicted molar refractivity (Wildman–Crippen MR) is 101 cm³/mol. The number of benzene rings is 2. The van der Waals surface area contributed by atoms with Gasteiger partial charge in [-0.05, 0) is 42.8 Å². The van der Waals surface area contributed by atoms with E-state index in [-0.39, 0.29) is 12.5 Å². The molecule has 134 valence electrons. The molecule has 0 unspecified atom stereocenters. The van der Waals surface area contributed by atoms with E-state index in [2.05, 4.69) is 10.6 Å².